The van der Waals surface area contributed by atoms with Gasteiger partial charge in [0.15, 0.2) is 0 Å². The van der Waals surface area contributed by atoms with Crippen LogP contribution in [0.4, 0.5) is 0 Å². The molecule has 78 valence electrons. The molecule has 1 heterocycles. The summed E-state index contributed by atoms with van der Waals surface area (Å²) in [4.78, 5) is 0. The predicted octanol–water partition coefficient (Wildman–Crippen LogP) is 1.62. The third-order valence-electron chi connectivity index (χ3n) is 3.29. The molecule has 1 saturated carbocycles. The standard InChI is InChI=1S/C11H17NO2/c12-8-11(13,9-4-1-2-5-9)10-6-3-7-14-10/h3,6-7,9,13H,1-2,4-5,8,12H2. The van der Waals surface area contributed by atoms with Gasteiger partial charge in [0.25, 0.3) is 0 Å². The first-order valence-electron chi connectivity index (χ1n) is 5.24. The second kappa shape index (κ2) is 3.75. The molecule has 1 aliphatic carbocycles. The van der Waals surface area contributed by atoms with Crippen LogP contribution in [0, 0.1) is 5.92 Å². The third kappa shape index (κ3) is 1.47. The second-order valence-electron chi connectivity index (χ2n) is 4.09. The van der Waals surface area contributed by atoms with Gasteiger partial charge in [-0.1, -0.05) is 12.8 Å². The van der Waals surface area contributed by atoms with Gasteiger partial charge in [-0.05, 0) is 30.9 Å². The van der Waals surface area contributed by atoms with Crippen LogP contribution in [0.3, 0.4) is 0 Å². The second-order valence-corrected chi connectivity index (χ2v) is 4.09. The van der Waals surface area contributed by atoms with Crippen molar-refractivity contribution in [3.63, 3.8) is 0 Å². The quantitative estimate of drug-likeness (QED) is 0.770. The molecule has 14 heavy (non-hydrogen) atoms. The Hall–Kier alpha value is -0.800. The molecule has 0 saturated heterocycles. The van der Waals surface area contributed by atoms with Gasteiger partial charge in [-0.15, -0.1) is 0 Å². The zero-order valence-corrected chi connectivity index (χ0v) is 8.28. The molecule has 0 bridgehead atoms. The smallest absolute Gasteiger partial charge is 0.137 e. The maximum atomic E-state index is 10.5. The minimum Gasteiger partial charge on any atom is -0.466 e. The fourth-order valence-electron chi connectivity index (χ4n) is 2.40. The lowest BCUT2D eigenvalue weighted by molar-refractivity contribution is -0.0318. The highest BCUT2D eigenvalue weighted by atomic mass is 16.4. The molecule has 1 aliphatic rings. The molecule has 0 spiro atoms. The van der Waals surface area contributed by atoms with E-state index in [0.717, 1.165) is 12.8 Å². The molecule has 1 aromatic rings. The van der Waals surface area contributed by atoms with Gasteiger partial charge in [0, 0.05) is 6.54 Å². The summed E-state index contributed by atoms with van der Waals surface area (Å²) >= 11 is 0. The fourth-order valence-corrected chi connectivity index (χ4v) is 2.40. The van der Waals surface area contributed by atoms with Crippen LogP contribution >= 0.6 is 0 Å². The van der Waals surface area contributed by atoms with E-state index in [4.69, 9.17) is 10.2 Å². The summed E-state index contributed by atoms with van der Waals surface area (Å²) in [6, 6.07) is 3.61. The molecule has 3 heteroatoms. The van der Waals surface area contributed by atoms with E-state index in [0.29, 0.717) is 5.76 Å². The summed E-state index contributed by atoms with van der Waals surface area (Å²) in [7, 11) is 0. The van der Waals surface area contributed by atoms with E-state index in [1.165, 1.54) is 12.8 Å². The lowest BCUT2D eigenvalue weighted by atomic mass is 9.84. The SMILES string of the molecule is NCC(O)(c1ccco1)C1CCCC1. The van der Waals surface area contributed by atoms with Crippen molar-refractivity contribution in [1.29, 1.82) is 0 Å². The van der Waals surface area contributed by atoms with Gasteiger partial charge < -0.3 is 15.3 Å². The van der Waals surface area contributed by atoms with E-state index in [1.807, 2.05) is 6.07 Å². The molecular formula is C11H17NO2. The van der Waals surface area contributed by atoms with Crippen molar-refractivity contribution < 1.29 is 9.52 Å². The fraction of sp³-hybridized carbons (Fsp3) is 0.636. The Labute approximate surface area is 83.9 Å². The minimum absolute atomic E-state index is 0.241. The Morgan fingerprint density at radius 3 is 2.71 bits per heavy atom. The molecule has 1 fully saturated rings. The lowest BCUT2D eigenvalue weighted by Crippen LogP contribution is -2.40. The van der Waals surface area contributed by atoms with Gasteiger partial charge in [-0.3, -0.25) is 0 Å². The van der Waals surface area contributed by atoms with E-state index < -0.39 is 5.60 Å². The number of hydrogen-bond acceptors (Lipinski definition) is 3. The van der Waals surface area contributed by atoms with Gasteiger partial charge in [0.05, 0.1) is 6.26 Å². The summed E-state index contributed by atoms with van der Waals surface area (Å²) < 4.78 is 5.27. The summed E-state index contributed by atoms with van der Waals surface area (Å²) in [6.45, 7) is 0.241. The average Bonchev–Trinajstić information content (AvgIpc) is 2.88. The summed E-state index contributed by atoms with van der Waals surface area (Å²) in [5.74, 6) is 0.880. The van der Waals surface area contributed by atoms with Gasteiger partial charge in [-0.2, -0.15) is 0 Å². The monoisotopic (exact) mass is 195 g/mol. The highest BCUT2D eigenvalue weighted by Gasteiger charge is 2.40. The van der Waals surface area contributed by atoms with E-state index in [1.54, 1.807) is 12.3 Å². The predicted molar refractivity (Wildman–Crippen MR) is 53.6 cm³/mol. The molecule has 3 N–H and O–H groups in total. The molecule has 1 unspecified atom stereocenters. The zero-order chi connectivity index (χ0) is 10.0. The first kappa shape index (κ1) is 9.74. The van der Waals surface area contributed by atoms with Gasteiger partial charge in [0.1, 0.15) is 11.4 Å². The molecule has 0 aromatic carbocycles. The van der Waals surface area contributed by atoms with Crippen molar-refractivity contribution in [1.82, 2.24) is 0 Å². The number of hydrogen-bond donors (Lipinski definition) is 2. The van der Waals surface area contributed by atoms with Crippen molar-refractivity contribution in [2.75, 3.05) is 6.54 Å². The van der Waals surface area contributed by atoms with Gasteiger partial charge in [-0.25, -0.2) is 0 Å². The third-order valence-corrected chi connectivity index (χ3v) is 3.29. The molecule has 0 radical (unpaired) electrons. The zero-order valence-electron chi connectivity index (χ0n) is 8.28. The van der Waals surface area contributed by atoms with Crippen LogP contribution in [0.25, 0.3) is 0 Å². The Balaban J connectivity index is 2.24. The highest BCUT2D eigenvalue weighted by molar-refractivity contribution is 5.12. The number of nitrogens with two attached hydrogens (primary N) is 1. The van der Waals surface area contributed by atoms with Crippen molar-refractivity contribution >= 4 is 0 Å². The Kier molecular flexibility index (Phi) is 2.61. The van der Waals surface area contributed by atoms with E-state index in [2.05, 4.69) is 0 Å². The Morgan fingerprint density at radius 2 is 2.21 bits per heavy atom. The van der Waals surface area contributed by atoms with Crippen LogP contribution in [0.15, 0.2) is 22.8 Å². The average molecular weight is 195 g/mol. The van der Waals surface area contributed by atoms with Crippen LogP contribution in [0.2, 0.25) is 0 Å². The normalized spacial score (nSPS) is 22.4. The first-order chi connectivity index (χ1) is 6.77. The van der Waals surface area contributed by atoms with Crippen molar-refractivity contribution in [2.24, 2.45) is 11.7 Å². The van der Waals surface area contributed by atoms with E-state index in [-0.39, 0.29) is 12.5 Å². The van der Waals surface area contributed by atoms with Crippen molar-refractivity contribution in [2.45, 2.75) is 31.3 Å². The highest BCUT2D eigenvalue weighted by Crippen LogP contribution is 2.39. The molecule has 3 nitrogen and oxygen atoms in total. The Morgan fingerprint density at radius 1 is 1.50 bits per heavy atom. The van der Waals surface area contributed by atoms with Crippen LogP contribution in [0.5, 0.6) is 0 Å². The van der Waals surface area contributed by atoms with Crippen molar-refractivity contribution in [3.05, 3.63) is 24.2 Å². The maximum Gasteiger partial charge on any atom is 0.137 e. The first-order valence-corrected chi connectivity index (χ1v) is 5.24. The number of rotatable bonds is 3. The van der Waals surface area contributed by atoms with Crippen molar-refractivity contribution in [3.8, 4) is 0 Å². The van der Waals surface area contributed by atoms with Crippen LogP contribution < -0.4 is 5.73 Å². The number of aliphatic hydroxyl groups is 1. The number of furan rings is 1. The summed E-state index contributed by atoms with van der Waals surface area (Å²) in [5.41, 5.74) is 4.72. The van der Waals surface area contributed by atoms with Gasteiger partial charge >= 0.3 is 0 Å². The largest absolute Gasteiger partial charge is 0.466 e. The summed E-state index contributed by atoms with van der Waals surface area (Å²) in [6.07, 6.45) is 6.06. The van der Waals surface area contributed by atoms with Crippen LogP contribution in [-0.2, 0) is 5.60 Å². The van der Waals surface area contributed by atoms with Crippen LogP contribution in [-0.4, -0.2) is 11.7 Å². The van der Waals surface area contributed by atoms with Gasteiger partial charge in [0.2, 0.25) is 0 Å². The summed E-state index contributed by atoms with van der Waals surface area (Å²) in [5, 5.41) is 10.5. The Bertz CT molecular complexity index is 277. The van der Waals surface area contributed by atoms with E-state index >= 15 is 0 Å². The minimum atomic E-state index is -0.944. The molecular weight excluding hydrogens is 178 g/mol. The molecule has 1 atom stereocenters. The lowest BCUT2D eigenvalue weighted by Gasteiger charge is -2.30. The van der Waals surface area contributed by atoms with Crippen LogP contribution in [0.1, 0.15) is 31.4 Å². The molecule has 1 aromatic heterocycles. The molecule has 0 amide bonds. The topological polar surface area (TPSA) is 59.4 Å². The maximum absolute atomic E-state index is 10.5. The molecule has 0 aliphatic heterocycles. The molecule has 2 rings (SSSR count). The van der Waals surface area contributed by atoms with E-state index in [9.17, 15) is 5.11 Å².